The molecule has 0 aromatic heterocycles. The molecule has 1 aromatic rings. The number of benzene rings is 1. The molecule has 0 radical (unpaired) electrons. The number of nitrogens with one attached hydrogen (secondary N) is 1. The average molecular weight is 266 g/mol. The molecular formula is C13H18N2O2S. The van der Waals surface area contributed by atoms with Crippen LogP contribution < -0.4 is 10.5 Å². The average Bonchev–Trinajstić information content (AvgIpc) is 2.36. The predicted octanol–water partition coefficient (Wildman–Crippen LogP) is 1.07. The minimum atomic E-state index is -3.43. The zero-order valence-corrected chi connectivity index (χ0v) is 11.4. The second-order valence-electron chi connectivity index (χ2n) is 3.96. The third kappa shape index (κ3) is 4.15. The van der Waals surface area contributed by atoms with Gasteiger partial charge in [0, 0.05) is 11.6 Å². The Morgan fingerprint density at radius 2 is 1.94 bits per heavy atom. The Kier molecular flexibility index (Phi) is 5.35. The van der Waals surface area contributed by atoms with E-state index in [0.29, 0.717) is 0 Å². The van der Waals surface area contributed by atoms with E-state index in [0.717, 1.165) is 12.0 Å². The molecule has 1 aromatic carbocycles. The molecule has 0 bridgehead atoms. The maximum absolute atomic E-state index is 12.0. The summed E-state index contributed by atoms with van der Waals surface area (Å²) >= 11 is 0. The fraction of sp³-hybridized carbons (Fsp3) is 0.385. The van der Waals surface area contributed by atoms with Gasteiger partial charge in [0.05, 0.1) is 11.4 Å². The molecule has 3 N–H and O–H groups in total. The summed E-state index contributed by atoms with van der Waals surface area (Å²) < 4.78 is 26.5. The maximum atomic E-state index is 12.0. The molecule has 1 unspecified atom stereocenters. The molecular weight excluding hydrogens is 248 g/mol. The largest absolute Gasteiger partial charge is 0.320 e. The summed E-state index contributed by atoms with van der Waals surface area (Å²) in [7, 11) is -3.43. The van der Waals surface area contributed by atoms with Gasteiger partial charge in [0.25, 0.3) is 0 Å². The van der Waals surface area contributed by atoms with E-state index >= 15 is 0 Å². The molecule has 0 heterocycles. The molecule has 0 amide bonds. The fourth-order valence-corrected chi connectivity index (χ4v) is 2.61. The molecule has 0 aliphatic heterocycles. The van der Waals surface area contributed by atoms with E-state index in [-0.39, 0.29) is 17.5 Å². The lowest BCUT2D eigenvalue weighted by Gasteiger charge is -2.11. The Bertz CT molecular complexity index is 539. The van der Waals surface area contributed by atoms with Crippen LogP contribution in [0.1, 0.15) is 25.8 Å². The van der Waals surface area contributed by atoms with Crippen molar-refractivity contribution in [2.24, 2.45) is 5.73 Å². The highest BCUT2D eigenvalue weighted by Crippen LogP contribution is 2.11. The van der Waals surface area contributed by atoms with Crippen molar-refractivity contribution < 1.29 is 8.42 Å². The Labute approximate surface area is 109 Å². The molecule has 0 spiro atoms. The van der Waals surface area contributed by atoms with E-state index in [1.807, 2.05) is 13.8 Å². The van der Waals surface area contributed by atoms with Crippen molar-refractivity contribution in [3.63, 3.8) is 0 Å². The van der Waals surface area contributed by atoms with Crippen LogP contribution in [0, 0.1) is 11.8 Å². The van der Waals surface area contributed by atoms with Crippen LogP contribution in [-0.4, -0.2) is 21.0 Å². The molecule has 0 fully saturated rings. The molecule has 1 atom stereocenters. The van der Waals surface area contributed by atoms with Gasteiger partial charge in [-0.25, -0.2) is 13.1 Å². The highest BCUT2D eigenvalue weighted by atomic mass is 32.2. The summed E-state index contributed by atoms with van der Waals surface area (Å²) in [4.78, 5) is 0.251. The van der Waals surface area contributed by atoms with E-state index in [2.05, 4.69) is 16.6 Å². The van der Waals surface area contributed by atoms with Crippen LogP contribution in [-0.2, 0) is 10.0 Å². The monoisotopic (exact) mass is 266 g/mol. The normalized spacial score (nSPS) is 12.6. The second-order valence-corrected chi connectivity index (χ2v) is 5.67. The second kappa shape index (κ2) is 6.55. The third-order valence-electron chi connectivity index (χ3n) is 2.47. The quantitative estimate of drug-likeness (QED) is 0.801. The van der Waals surface area contributed by atoms with Gasteiger partial charge in [-0.2, -0.15) is 0 Å². The minimum Gasteiger partial charge on any atom is -0.320 e. The van der Waals surface area contributed by atoms with Gasteiger partial charge in [0.1, 0.15) is 0 Å². The first-order valence-electron chi connectivity index (χ1n) is 5.81. The van der Waals surface area contributed by atoms with Crippen LogP contribution in [0.3, 0.4) is 0 Å². The number of hydrogen-bond donors (Lipinski definition) is 2. The Morgan fingerprint density at radius 1 is 1.33 bits per heavy atom. The molecule has 18 heavy (non-hydrogen) atoms. The molecule has 98 valence electrons. The summed E-state index contributed by atoms with van der Waals surface area (Å²) in [6, 6.07) is 6.37. The van der Waals surface area contributed by atoms with Gasteiger partial charge in [-0.15, -0.1) is 0 Å². The fourth-order valence-electron chi connectivity index (χ4n) is 1.29. The number of hydrogen-bond acceptors (Lipinski definition) is 3. The third-order valence-corrected chi connectivity index (χ3v) is 4.07. The van der Waals surface area contributed by atoms with Crippen molar-refractivity contribution in [2.75, 3.05) is 6.54 Å². The predicted molar refractivity (Wildman–Crippen MR) is 72.4 cm³/mol. The summed E-state index contributed by atoms with van der Waals surface area (Å²) in [5, 5.41) is 0. The van der Waals surface area contributed by atoms with Gasteiger partial charge < -0.3 is 5.73 Å². The molecule has 1 rings (SSSR count). The first kappa shape index (κ1) is 14.7. The van der Waals surface area contributed by atoms with Crippen LogP contribution in [0.25, 0.3) is 0 Å². The van der Waals surface area contributed by atoms with Crippen LogP contribution in [0.2, 0.25) is 0 Å². The summed E-state index contributed by atoms with van der Waals surface area (Å²) in [6.45, 7) is 4.05. The lowest BCUT2D eigenvalue weighted by molar-refractivity contribution is 0.556. The Balaban J connectivity index is 2.91. The molecule has 0 aliphatic rings. The Hall–Kier alpha value is -1.35. The molecule has 0 saturated heterocycles. The molecule has 0 saturated carbocycles. The summed E-state index contributed by atoms with van der Waals surface area (Å²) in [5.41, 5.74) is 6.02. The number of nitrogens with two attached hydrogens (primary N) is 1. The summed E-state index contributed by atoms with van der Waals surface area (Å²) in [5.74, 6) is 5.56. The van der Waals surface area contributed by atoms with Gasteiger partial charge in [-0.05, 0) is 37.6 Å². The van der Waals surface area contributed by atoms with E-state index in [1.165, 1.54) is 0 Å². The first-order valence-corrected chi connectivity index (χ1v) is 7.29. The highest BCUT2D eigenvalue weighted by Gasteiger charge is 2.15. The smallest absolute Gasteiger partial charge is 0.240 e. The van der Waals surface area contributed by atoms with E-state index in [4.69, 9.17) is 5.73 Å². The minimum absolute atomic E-state index is 0.0771. The molecule has 5 heteroatoms. The van der Waals surface area contributed by atoms with Crippen molar-refractivity contribution in [3.8, 4) is 11.8 Å². The highest BCUT2D eigenvalue weighted by molar-refractivity contribution is 7.89. The van der Waals surface area contributed by atoms with Gasteiger partial charge >= 0.3 is 0 Å². The summed E-state index contributed by atoms with van der Waals surface area (Å²) in [6.07, 6.45) is 0.749. The van der Waals surface area contributed by atoms with E-state index in [9.17, 15) is 8.42 Å². The van der Waals surface area contributed by atoms with Crippen LogP contribution in [0.5, 0.6) is 0 Å². The maximum Gasteiger partial charge on any atom is 0.240 e. The van der Waals surface area contributed by atoms with E-state index in [1.54, 1.807) is 24.3 Å². The van der Waals surface area contributed by atoms with Gasteiger partial charge in [-0.1, -0.05) is 18.8 Å². The van der Waals surface area contributed by atoms with Gasteiger partial charge in [0.15, 0.2) is 0 Å². The number of rotatable bonds is 4. The zero-order valence-electron chi connectivity index (χ0n) is 10.6. The van der Waals surface area contributed by atoms with Gasteiger partial charge in [0.2, 0.25) is 10.0 Å². The Morgan fingerprint density at radius 3 is 2.44 bits per heavy atom. The topological polar surface area (TPSA) is 72.2 Å². The zero-order chi connectivity index (χ0) is 13.6. The lowest BCUT2D eigenvalue weighted by Crippen LogP contribution is -2.31. The molecule has 0 aliphatic carbocycles. The first-order chi connectivity index (χ1) is 8.49. The van der Waals surface area contributed by atoms with E-state index < -0.39 is 10.0 Å². The van der Waals surface area contributed by atoms with Crippen molar-refractivity contribution in [3.05, 3.63) is 29.8 Å². The van der Waals surface area contributed by atoms with Crippen molar-refractivity contribution in [2.45, 2.75) is 31.2 Å². The van der Waals surface area contributed by atoms with Crippen LogP contribution in [0.15, 0.2) is 29.2 Å². The SMILES string of the molecule is CCC(C)NS(=O)(=O)c1ccc(C#CCN)cc1. The van der Waals surface area contributed by atoms with Crippen LogP contribution in [0.4, 0.5) is 0 Å². The van der Waals surface area contributed by atoms with Crippen molar-refractivity contribution in [1.82, 2.24) is 4.72 Å². The van der Waals surface area contributed by atoms with Crippen molar-refractivity contribution >= 4 is 10.0 Å². The lowest BCUT2D eigenvalue weighted by atomic mass is 10.2. The standard InChI is InChI=1S/C13H18N2O2S/c1-3-11(2)15-18(16,17)13-8-6-12(7-9-13)5-4-10-14/h6-9,11,15H,3,10,14H2,1-2H3. The van der Waals surface area contributed by atoms with Gasteiger partial charge in [-0.3, -0.25) is 0 Å². The van der Waals surface area contributed by atoms with Crippen molar-refractivity contribution in [1.29, 1.82) is 0 Å². The number of sulfonamides is 1. The van der Waals surface area contributed by atoms with Crippen LogP contribution >= 0.6 is 0 Å². The molecule has 4 nitrogen and oxygen atoms in total.